The van der Waals surface area contributed by atoms with Crippen molar-refractivity contribution >= 4 is 38.2 Å². The second-order valence-electron chi connectivity index (χ2n) is 8.50. The van der Waals surface area contributed by atoms with Crippen LogP contribution >= 0.6 is 11.3 Å². The van der Waals surface area contributed by atoms with E-state index in [1.165, 1.54) is 42.0 Å². The van der Waals surface area contributed by atoms with Gasteiger partial charge in [0.05, 0.1) is 25.7 Å². The summed E-state index contributed by atoms with van der Waals surface area (Å²) in [6.45, 7) is 3.33. The Kier molecular flexibility index (Phi) is 8.28. The fraction of sp³-hybridized carbons (Fsp3) is 0.308. The van der Waals surface area contributed by atoms with Crippen LogP contribution < -0.4 is 10.1 Å². The summed E-state index contributed by atoms with van der Waals surface area (Å²) in [4.78, 5) is 28.6. The second kappa shape index (κ2) is 11.4. The van der Waals surface area contributed by atoms with Gasteiger partial charge in [0.2, 0.25) is 15.9 Å². The van der Waals surface area contributed by atoms with Gasteiger partial charge in [0.25, 0.3) is 0 Å². The van der Waals surface area contributed by atoms with E-state index in [-0.39, 0.29) is 30.4 Å². The average molecular weight is 544 g/mol. The molecule has 1 aliphatic rings. The van der Waals surface area contributed by atoms with E-state index < -0.39 is 16.0 Å². The first-order valence-electron chi connectivity index (χ1n) is 11.7. The molecular weight excluding hydrogens is 514 g/mol. The summed E-state index contributed by atoms with van der Waals surface area (Å²) < 4.78 is 37.5. The van der Waals surface area contributed by atoms with Gasteiger partial charge >= 0.3 is 5.97 Å². The Bertz CT molecular complexity index is 1360. The number of nitrogens with one attached hydrogen (secondary N) is 1. The van der Waals surface area contributed by atoms with Gasteiger partial charge in [-0.3, -0.25) is 9.69 Å². The van der Waals surface area contributed by atoms with Gasteiger partial charge in [0.15, 0.2) is 0 Å². The Morgan fingerprint density at radius 3 is 2.22 bits per heavy atom. The molecule has 1 saturated heterocycles. The smallest absolute Gasteiger partial charge is 0.341 e. The number of methoxy groups -OCH3 is 2. The van der Waals surface area contributed by atoms with Crippen LogP contribution in [0.5, 0.6) is 5.75 Å². The number of amides is 1. The molecule has 1 fully saturated rings. The lowest BCUT2D eigenvalue weighted by Crippen LogP contribution is -2.50. The van der Waals surface area contributed by atoms with Crippen LogP contribution in [0.25, 0.3) is 11.1 Å². The summed E-state index contributed by atoms with van der Waals surface area (Å²) in [6.07, 6.45) is 0. The lowest BCUT2D eigenvalue weighted by Gasteiger charge is -2.33. The van der Waals surface area contributed by atoms with Crippen molar-refractivity contribution in [3.05, 3.63) is 65.0 Å². The minimum atomic E-state index is -3.63. The molecule has 3 aromatic rings. The predicted molar refractivity (Wildman–Crippen MR) is 143 cm³/mol. The summed E-state index contributed by atoms with van der Waals surface area (Å²) in [5, 5.41) is 3.31. The molecule has 2 aromatic carbocycles. The number of carbonyl (C=O) groups excluding carboxylic acids is 2. The summed E-state index contributed by atoms with van der Waals surface area (Å²) in [5.74, 6) is -0.213. The number of sulfonamides is 1. The Balaban J connectivity index is 1.41. The van der Waals surface area contributed by atoms with Crippen LogP contribution in [-0.4, -0.2) is 76.4 Å². The molecule has 0 bridgehead atoms. The number of thiophene rings is 1. The predicted octanol–water partition coefficient (Wildman–Crippen LogP) is 3.46. The number of benzene rings is 2. The van der Waals surface area contributed by atoms with Crippen molar-refractivity contribution in [2.75, 3.05) is 52.3 Å². The number of rotatable bonds is 8. The van der Waals surface area contributed by atoms with Gasteiger partial charge in [-0.2, -0.15) is 4.31 Å². The number of hydrogen-bond acceptors (Lipinski definition) is 8. The van der Waals surface area contributed by atoms with E-state index in [1.807, 2.05) is 42.2 Å². The molecule has 1 N–H and O–H groups in total. The highest BCUT2D eigenvalue weighted by molar-refractivity contribution is 7.89. The molecule has 0 atom stereocenters. The number of piperazine rings is 1. The Morgan fingerprint density at radius 1 is 0.973 bits per heavy atom. The highest BCUT2D eigenvalue weighted by atomic mass is 32.2. The van der Waals surface area contributed by atoms with Gasteiger partial charge in [-0.05, 0) is 36.8 Å². The van der Waals surface area contributed by atoms with Crippen LogP contribution in [0.3, 0.4) is 0 Å². The fourth-order valence-electron chi connectivity index (χ4n) is 4.28. The monoisotopic (exact) mass is 543 g/mol. The van der Waals surface area contributed by atoms with E-state index in [9.17, 15) is 18.0 Å². The van der Waals surface area contributed by atoms with Crippen molar-refractivity contribution in [2.45, 2.75) is 11.8 Å². The number of hydrogen-bond donors (Lipinski definition) is 1. The lowest BCUT2D eigenvalue weighted by molar-refractivity contribution is -0.117. The zero-order valence-electron chi connectivity index (χ0n) is 20.9. The van der Waals surface area contributed by atoms with Crippen LogP contribution in [0.4, 0.5) is 5.00 Å². The molecule has 1 amide bonds. The molecule has 0 saturated carbocycles. The first-order chi connectivity index (χ1) is 17.7. The molecule has 0 unspecified atom stereocenters. The van der Waals surface area contributed by atoms with Gasteiger partial charge in [-0.15, -0.1) is 11.3 Å². The van der Waals surface area contributed by atoms with Crippen molar-refractivity contribution in [3.8, 4) is 16.9 Å². The SMILES string of the molecule is COC(=O)c1c(NC(=O)CN2CCN(S(=O)(=O)c3ccc(OC)cc3)CC2)sc(C)c1-c1ccccc1. The molecule has 9 nitrogen and oxygen atoms in total. The minimum absolute atomic E-state index is 0.0780. The fourth-order valence-corrected chi connectivity index (χ4v) is 6.78. The highest BCUT2D eigenvalue weighted by Crippen LogP contribution is 2.40. The lowest BCUT2D eigenvalue weighted by atomic mass is 10.0. The third kappa shape index (κ3) is 5.85. The van der Waals surface area contributed by atoms with Gasteiger partial charge in [-0.1, -0.05) is 30.3 Å². The topological polar surface area (TPSA) is 105 Å². The van der Waals surface area contributed by atoms with Gasteiger partial charge in [0, 0.05) is 36.6 Å². The van der Waals surface area contributed by atoms with E-state index in [2.05, 4.69) is 5.32 Å². The number of esters is 1. The van der Waals surface area contributed by atoms with E-state index in [4.69, 9.17) is 9.47 Å². The van der Waals surface area contributed by atoms with E-state index >= 15 is 0 Å². The quantitative estimate of drug-likeness (QED) is 0.434. The van der Waals surface area contributed by atoms with Crippen molar-refractivity contribution in [2.24, 2.45) is 0 Å². The molecule has 1 aliphatic heterocycles. The summed E-state index contributed by atoms with van der Waals surface area (Å²) >= 11 is 1.33. The molecule has 11 heteroatoms. The summed E-state index contributed by atoms with van der Waals surface area (Å²) in [5.41, 5.74) is 1.94. The molecule has 37 heavy (non-hydrogen) atoms. The molecule has 0 radical (unpaired) electrons. The van der Waals surface area contributed by atoms with Crippen molar-refractivity contribution in [1.82, 2.24) is 9.21 Å². The number of anilines is 1. The first kappa shape index (κ1) is 26.8. The van der Waals surface area contributed by atoms with Crippen molar-refractivity contribution in [3.63, 3.8) is 0 Å². The van der Waals surface area contributed by atoms with E-state index in [0.29, 0.717) is 29.4 Å². The maximum atomic E-state index is 13.0. The molecule has 196 valence electrons. The number of aryl methyl sites for hydroxylation is 1. The molecule has 1 aromatic heterocycles. The third-order valence-electron chi connectivity index (χ3n) is 6.18. The van der Waals surface area contributed by atoms with E-state index in [1.54, 1.807) is 12.1 Å². The number of ether oxygens (including phenoxy) is 2. The number of nitrogens with zero attached hydrogens (tertiary/aromatic N) is 2. The van der Waals surface area contributed by atoms with Crippen LogP contribution in [0.2, 0.25) is 0 Å². The number of carbonyl (C=O) groups is 2. The minimum Gasteiger partial charge on any atom is -0.497 e. The molecule has 0 aliphatic carbocycles. The first-order valence-corrected chi connectivity index (χ1v) is 13.9. The Labute approximate surface area is 220 Å². The highest BCUT2D eigenvalue weighted by Gasteiger charge is 2.30. The molecule has 4 rings (SSSR count). The summed E-state index contributed by atoms with van der Waals surface area (Å²) in [7, 11) is -0.794. The van der Waals surface area contributed by atoms with Crippen LogP contribution in [-0.2, 0) is 19.6 Å². The third-order valence-corrected chi connectivity index (χ3v) is 9.12. The maximum absolute atomic E-state index is 13.0. The van der Waals surface area contributed by atoms with Crippen molar-refractivity contribution in [1.29, 1.82) is 0 Å². The molecular formula is C26H29N3O6S2. The van der Waals surface area contributed by atoms with Crippen LogP contribution in [0.1, 0.15) is 15.2 Å². The van der Waals surface area contributed by atoms with Crippen molar-refractivity contribution < 1.29 is 27.5 Å². The van der Waals surface area contributed by atoms with Gasteiger partial charge in [0.1, 0.15) is 16.3 Å². The Hall–Kier alpha value is -3.25. The van der Waals surface area contributed by atoms with E-state index in [0.717, 1.165) is 16.0 Å². The van der Waals surface area contributed by atoms with Gasteiger partial charge < -0.3 is 14.8 Å². The standard InChI is InChI=1S/C26H29N3O6S2/c1-18-23(19-7-5-4-6-8-19)24(26(31)35-3)25(36-18)27-22(30)17-28-13-15-29(16-14-28)37(32,33)21-11-9-20(34-2)10-12-21/h4-12H,13-17H2,1-3H3,(H,27,30). The maximum Gasteiger partial charge on any atom is 0.341 e. The average Bonchev–Trinajstić information content (AvgIpc) is 3.24. The normalized spacial score (nSPS) is 14.8. The second-order valence-corrected chi connectivity index (χ2v) is 11.7. The van der Waals surface area contributed by atoms with Crippen LogP contribution in [0.15, 0.2) is 59.5 Å². The van der Waals surface area contributed by atoms with Crippen LogP contribution in [0, 0.1) is 6.92 Å². The van der Waals surface area contributed by atoms with Gasteiger partial charge in [-0.25, -0.2) is 13.2 Å². The summed E-state index contributed by atoms with van der Waals surface area (Å²) in [6, 6.07) is 15.8. The molecule has 2 heterocycles. The zero-order chi connectivity index (χ0) is 26.6. The zero-order valence-corrected chi connectivity index (χ0v) is 22.5. The Morgan fingerprint density at radius 2 is 1.62 bits per heavy atom. The largest absolute Gasteiger partial charge is 0.497 e. The molecule has 0 spiro atoms.